The van der Waals surface area contributed by atoms with Crippen molar-refractivity contribution in [1.29, 1.82) is 0 Å². The highest BCUT2D eigenvalue weighted by atomic mass is 28.3. The minimum atomic E-state index is -1.63. The molecule has 0 aromatic heterocycles. The van der Waals surface area contributed by atoms with Crippen molar-refractivity contribution >= 4 is 45.6 Å². The van der Waals surface area contributed by atoms with E-state index in [4.69, 9.17) is 0 Å². The van der Waals surface area contributed by atoms with E-state index < -0.39 is 8.07 Å². The van der Waals surface area contributed by atoms with Crippen molar-refractivity contribution in [3.8, 4) is 0 Å². The molecule has 0 amide bonds. The van der Waals surface area contributed by atoms with Crippen LogP contribution in [0, 0.1) is 0 Å². The molecule has 0 heterocycles. The number of rotatable bonds is 4. The van der Waals surface area contributed by atoms with E-state index in [0.717, 1.165) is 16.6 Å². The van der Waals surface area contributed by atoms with Crippen LogP contribution in [0.2, 0.25) is 16.6 Å². The molecule has 4 aromatic carbocycles. The third-order valence-corrected chi connectivity index (χ3v) is 14.2. The summed E-state index contributed by atoms with van der Waals surface area (Å²) in [5, 5.41) is 9.79. The Hall–Kier alpha value is -2.12. The molecular formula is C27H32Si. The van der Waals surface area contributed by atoms with Crippen molar-refractivity contribution in [2.45, 2.75) is 58.2 Å². The number of hydrogen-bond acceptors (Lipinski definition) is 0. The van der Waals surface area contributed by atoms with Crippen molar-refractivity contribution in [2.75, 3.05) is 0 Å². The lowest BCUT2D eigenvalue weighted by atomic mass is 9.97. The van der Waals surface area contributed by atoms with Crippen LogP contribution in [0.1, 0.15) is 41.5 Å². The molecule has 0 nitrogen and oxygen atoms in total. The lowest BCUT2D eigenvalue weighted by Gasteiger charge is -2.43. The van der Waals surface area contributed by atoms with E-state index in [9.17, 15) is 0 Å². The lowest BCUT2D eigenvalue weighted by molar-refractivity contribution is 0.835. The second kappa shape index (κ2) is 7.04. The van der Waals surface area contributed by atoms with Gasteiger partial charge in [-0.3, -0.25) is 0 Å². The molecule has 0 unspecified atom stereocenters. The van der Waals surface area contributed by atoms with E-state index in [-0.39, 0.29) is 0 Å². The average Bonchev–Trinajstić information content (AvgIpc) is 2.66. The Balaban J connectivity index is 2.00. The molecule has 0 N–H and O–H groups in total. The van der Waals surface area contributed by atoms with Gasteiger partial charge in [0.1, 0.15) is 0 Å². The van der Waals surface area contributed by atoms with Gasteiger partial charge in [-0.05, 0) is 48.9 Å². The summed E-state index contributed by atoms with van der Waals surface area (Å²) < 4.78 is 0. The summed E-state index contributed by atoms with van der Waals surface area (Å²) in [7, 11) is -1.63. The van der Waals surface area contributed by atoms with Gasteiger partial charge in [0.15, 0.2) is 0 Å². The standard InChI is InChI=1S/C27H32Si/c1-18(2)28(19(3)4,20(5)6)23-13-16-25-22(17-23)12-15-26-24-10-8-7-9-21(24)11-14-27(25)26/h7-20H,1-6H3. The van der Waals surface area contributed by atoms with Gasteiger partial charge in [0, 0.05) is 0 Å². The van der Waals surface area contributed by atoms with Gasteiger partial charge < -0.3 is 0 Å². The highest BCUT2D eigenvalue weighted by molar-refractivity contribution is 6.95. The Kier molecular flexibility index (Phi) is 4.83. The second-order valence-electron chi connectivity index (χ2n) is 9.28. The van der Waals surface area contributed by atoms with Crippen LogP contribution in [0.25, 0.3) is 32.3 Å². The predicted octanol–water partition coefficient (Wildman–Crippen LogP) is 8.03. The van der Waals surface area contributed by atoms with E-state index >= 15 is 0 Å². The summed E-state index contributed by atoms with van der Waals surface area (Å²) in [6.07, 6.45) is 0. The molecule has 0 fully saturated rings. The van der Waals surface area contributed by atoms with E-state index in [0.29, 0.717) is 0 Å². The molecule has 0 aliphatic carbocycles. The molecule has 0 radical (unpaired) electrons. The van der Waals surface area contributed by atoms with E-state index in [1.807, 2.05) is 0 Å². The smallest absolute Gasteiger partial charge is 0.0648 e. The van der Waals surface area contributed by atoms with Crippen LogP contribution in [0.5, 0.6) is 0 Å². The van der Waals surface area contributed by atoms with Crippen molar-refractivity contribution in [3.05, 3.63) is 66.7 Å². The summed E-state index contributed by atoms with van der Waals surface area (Å²) >= 11 is 0. The molecule has 0 aliphatic rings. The highest BCUT2D eigenvalue weighted by Crippen LogP contribution is 2.41. The maximum absolute atomic E-state index is 2.52. The molecule has 144 valence electrons. The topological polar surface area (TPSA) is 0 Å². The highest BCUT2D eigenvalue weighted by Gasteiger charge is 2.44. The van der Waals surface area contributed by atoms with Crippen LogP contribution in [-0.2, 0) is 0 Å². The first-order chi connectivity index (χ1) is 13.4. The first kappa shape index (κ1) is 19.2. The molecule has 0 spiro atoms. The fourth-order valence-corrected chi connectivity index (χ4v) is 12.9. The molecule has 28 heavy (non-hydrogen) atoms. The van der Waals surface area contributed by atoms with Crippen LogP contribution in [-0.4, -0.2) is 8.07 Å². The van der Waals surface area contributed by atoms with Crippen molar-refractivity contribution < 1.29 is 0 Å². The molecule has 0 aliphatic heterocycles. The molecule has 0 bridgehead atoms. The third-order valence-electron chi connectivity index (χ3n) is 7.11. The molecule has 4 rings (SSSR count). The molecule has 0 atom stereocenters. The Morgan fingerprint density at radius 1 is 0.500 bits per heavy atom. The van der Waals surface area contributed by atoms with Crippen LogP contribution in [0.15, 0.2) is 66.7 Å². The average molecular weight is 385 g/mol. The van der Waals surface area contributed by atoms with E-state index in [1.54, 1.807) is 5.19 Å². The van der Waals surface area contributed by atoms with Gasteiger partial charge in [0.2, 0.25) is 0 Å². The summed E-state index contributed by atoms with van der Waals surface area (Å²) in [5.74, 6) is 0. The second-order valence-corrected chi connectivity index (χ2v) is 15.2. The molecule has 1 heteroatoms. The van der Waals surface area contributed by atoms with Gasteiger partial charge in [0.05, 0.1) is 8.07 Å². The lowest BCUT2D eigenvalue weighted by Crippen LogP contribution is -2.55. The zero-order valence-corrected chi connectivity index (χ0v) is 19.1. The minimum Gasteiger partial charge on any atom is -0.0648 e. The summed E-state index contributed by atoms with van der Waals surface area (Å²) in [4.78, 5) is 0. The SMILES string of the molecule is CC(C)[Si](c1ccc2c(ccc3c4ccccc4ccc23)c1)(C(C)C)C(C)C. The van der Waals surface area contributed by atoms with Gasteiger partial charge in [-0.15, -0.1) is 0 Å². The number of fused-ring (bicyclic) bond motifs is 5. The van der Waals surface area contributed by atoms with Gasteiger partial charge in [-0.25, -0.2) is 0 Å². The number of hydrogen-bond donors (Lipinski definition) is 0. The summed E-state index contributed by atoms with van der Waals surface area (Å²) in [6, 6.07) is 25.3. The summed E-state index contributed by atoms with van der Waals surface area (Å²) in [5.41, 5.74) is 2.19. The van der Waals surface area contributed by atoms with Crippen molar-refractivity contribution in [3.63, 3.8) is 0 Å². The van der Waals surface area contributed by atoms with Crippen molar-refractivity contribution in [2.24, 2.45) is 0 Å². The fourth-order valence-electron chi connectivity index (χ4n) is 6.10. The largest absolute Gasteiger partial charge is 0.0942 e. The predicted molar refractivity (Wildman–Crippen MR) is 130 cm³/mol. The maximum atomic E-state index is 2.52. The van der Waals surface area contributed by atoms with Gasteiger partial charge in [-0.1, -0.05) is 113 Å². The van der Waals surface area contributed by atoms with Gasteiger partial charge >= 0.3 is 0 Å². The van der Waals surface area contributed by atoms with Crippen LogP contribution < -0.4 is 5.19 Å². The zero-order chi connectivity index (χ0) is 20.1. The Labute approximate surface area is 170 Å². The van der Waals surface area contributed by atoms with Crippen LogP contribution in [0.3, 0.4) is 0 Å². The van der Waals surface area contributed by atoms with Crippen LogP contribution >= 0.6 is 0 Å². The van der Waals surface area contributed by atoms with Gasteiger partial charge in [0.25, 0.3) is 0 Å². The Bertz CT molecular complexity index is 1130. The van der Waals surface area contributed by atoms with Gasteiger partial charge in [-0.2, -0.15) is 0 Å². The van der Waals surface area contributed by atoms with E-state index in [2.05, 4.69) is 108 Å². The fraction of sp³-hybridized carbons (Fsp3) is 0.333. The first-order valence-electron chi connectivity index (χ1n) is 10.7. The normalized spacial score (nSPS) is 12.9. The number of benzene rings is 4. The summed E-state index contributed by atoms with van der Waals surface area (Å²) in [6.45, 7) is 14.7. The van der Waals surface area contributed by atoms with Crippen molar-refractivity contribution in [1.82, 2.24) is 0 Å². The minimum absolute atomic E-state index is 0.731. The first-order valence-corrected chi connectivity index (χ1v) is 12.9. The monoisotopic (exact) mass is 384 g/mol. The third kappa shape index (κ3) is 2.71. The maximum Gasteiger partial charge on any atom is 0.0942 e. The molecule has 0 saturated carbocycles. The Morgan fingerprint density at radius 2 is 1.00 bits per heavy atom. The quantitative estimate of drug-likeness (QED) is 0.247. The zero-order valence-electron chi connectivity index (χ0n) is 18.1. The molecule has 0 saturated heterocycles. The Morgan fingerprint density at radius 3 is 1.61 bits per heavy atom. The molecule has 4 aromatic rings. The van der Waals surface area contributed by atoms with E-state index in [1.165, 1.54) is 32.3 Å². The molecular weight excluding hydrogens is 352 g/mol. The van der Waals surface area contributed by atoms with Crippen LogP contribution in [0.4, 0.5) is 0 Å².